The lowest BCUT2D eigenvalue weighted by Crippen LogP contribution is -2.28. The van der Waals surface area contributed by atoms with Crippen LogP contribution in [-0.2, 0) is 17.3 Å². The number of nitrogens with zero attached hydrogens (tertiary/aromatic N) is 4. The predicted molar refractivity (Wildman–Crippen MR) is 259 cm³/mol. The predicted octanol–water partition coefficient (Wildman–Crippen LogP) is 14.4. The summed E-state index contributed by atoms with van der Waals surface area (Å²) in [4.78, 5) is 12.2. The van der Waals surface area contributed by atoms with E-state index in [1.165, 1.54) is 67.2 Å². The van der Waals surface area contributed by atoms with E-state index in [4.69, 9.17) is 9.97 Å². The highest BCUT2D eigenvalue weighted by atomic mass is 15.2. The first-order valence-corrected chi connectivity index (χ1v) is 22.1. The van der Waals surface area contributed by atoms with Gasteiger partial charge in [-0.2, -0.15) is 0 Å². The Bertz CT molecular complexity index is 3150. The van der Waals surface area contributed by atoms with E-state index in [1.54, 1.807) is 0 Å². The van der Waals surface area contributed by atoms with Crippen LogP contribution in [0.25, 0.3) is 56.7 Å². The van der Waals surface area contributed by atoms with Gasteiger partial charge in [-0.25, -0.2) is 0 Å². The number of anilines is 2. The summed E-state index contributed by atoms with van der Waals surface area (Å²) in [5.74, 6) is 0. The molecule has 1 spiro atoms. The normalized spacial score (nSPS) is 15.6. The maximum atomic E-state index is 4.88. The van der Waals surface area contributed by atoms with Gasteiger partial charge in [0.15, 0.2) is 0 Å². The maximum absolute atomic E-state index is 4.88. The quantitative estimate of drug-likeness (QED) is 0.168. The number of hydrogen-bond donors (Lipinski definition) is 0. The Hall–Kier alpha value is -7.56. The lowest BCUT2D eigenvalue weighted by atomic mass is 9.68. The van der Waals surface area contributed by atoms with Gasteiger partial charge in [0.25, 0.3) is 0 Å². The molecular formula is C59H46N4. The minimum atomic E-state index is -0.555. The summed E-state index contributed by atoms with van der Waals surface area (Å²) in [5, 5.41) is 0. The first kappa shape index (κ1) is 37.2. The van der Waals surface area contributed by atoms with Gasteiger partial charge < -0.3 is 9.47 Å². The van der Waals surface area contributed by atoms with E-state index >= 15 is 0 Å². The molecule has 3 aliphatic rings. The van der Waals surface area contributed by atoms with Crippen molar-refractivity contribution in [1.29, 1.82) is 0 Å². The van der Waals surface area contributed by atoms with Crippen LogP contribution in [0.3, 0.4) is 0 Å². The van der Waals surface area contributed by atoms with E-state index < -0.39 is 5.41 Å². The van der Waals surface area contributed by atoms with Crippen molar-refractivity contribution in [3.8, 4) is 50.6 Å². The molecule has 302 valence electrons. The second-order valence-electron chi connectivity index (χ2n) is 18.1. The van der Waals surface area contributed by atoms with Gasteiger partial charge in [0.1, 0.15) is 0 Å². The lowest BCUT2D eigenvalue weighted by Gasteiger charge is -2.34. The number of allylic oxidation sites excluding steroid dienone is 1. The first-order chi connectivity index (χ1) is 30.9. The summed E-state index contributed by atoms with van der Waals surface area (Å²) >= 11 is 0. The summed E-state index contributed by atoms with van der Waals surface area (Å²) in [5.41, 5.74) is 22.6. The van der Waals surface area contributed by atoms with Crippen LogP contribution in [-0.4, -0.2) is 14.5 Å². The molecule has 3 aromatic heterocycles. The second-order valence-corrected chi connectivity index (χ2v) is 18.1. The first-order valence-electron chi connectivity index (χ1n) is 22.1. The maximum Gasteiger partial charge on any atom is 0.0747 e. The van der Waals surface area contributed by atoms with Crippen molar-refractivity contribution in [3.05, 3.63) is 239 Å². The zero-order valence-electron chi connectivity index (χ0n) is 35.8. The smallest absolute Gasteiger partial charge is 0.0747 e. The van der Waals surface area contributed by atoms with Crippen molar-refractivity contribution in [2.75, 3.05) is 4.90 Å². The SMILES string of the molecule is CC(C)(C)c1ccc2c(c1)C1(c3ccccc3-2)c2ccccc2-c2c1c1c(n2-c2cc(-c3ccccn3)cc(-c3ccccn3)c2)CCC(N(c2ccccc2)c2ccccc2)=C1. The number of para-hydroxylation sites is 2. The van der Waals surface area contributed by atoms with Crippen LogP contribution in [0.15, 0.2) is 200 Å². The Labute approximate surface area is 369 Å². The third-order valence-electron chi connectivity index (χ3n) is 13.5. The fraction of sp³-hybridized carbons (Fsp3) is 0.119. The fourth-order valence-corrected chi connectivity index (χ4v) is 10.8. The van der Waals surface area contributed by atoms with Crippen molar-refractivity contribution >= 4 is 17.5 Å². The van der Waals surface area contributed by atoms with Gasteiger partial charge in [0.05, 0.1) is 22.5 Å². The van der Waals surface area contributed by atoms with Gasteiger partial charge in [-0.05, 0) is 124 Å². The summed E-state index contributed by atoms with van der Waals surface area (Å²) in [6, 6.07) is 66.7. The van der Waals surface area contributed by atoms with Crippen molar-refractivity contribution in [1.82, 2.24) is 14.5 Å². The zero-order valence-corrected chi connectivity index (χ0v) is 35.8. The largest absolute Gasteiger partial charge is 0.314 e. The Morgan fingerprint density at radius 1 is 0.524 bits per heavy atom. The van der Waals surface area contributed by atoms with Gasteiger partial charge in [0.2, 0.25) is 0 Å². The average Bonchev–Trinajstić information content (AvgIpc) is 3.94. The topological polar surface area (TPSA) is 34.0 Å². The molecule has 12 rings (SSSR count). The third kappa shape index (κ3) is 5.67. The molecule has 0 bridgehead atoms. The van der Waals surface area contributed by atoms with Gasteiger partial charge >= 0.3 is 0 Å². The molecule has 0 fully saturated rings. The fourth-order valence-electron chi connectivity index (χ4n) is 10.8. The summed E-state index contributed by atoms with van der Waals surface area (Å²) in [6.45, 7) is 7.00. The van der Waals surface area contributed by atoms with Crippen LogP contribution in [0.5, 0.6) is 0 Å². The zero-order chi connectivity index (χ0) is 42.3. The average molecular weight is 811 g/mol. The molecular weight excluding hydrogens is 765 g/mol. The van der Waals surface area contributed by atoms with Crippen LogP contribution in [0.2, 0.25) is 0 Å². The number of fused-ring (bicyclic) bond motifs is 12. The van der Waals surface area contributed by atoms with Crippen molar-refractivity contribution < 1.29 is 0 Å². The van der Waals surface area contributed by atoms with Crippen LogP contribution >= 0.6 is 0 Å². The molecule has 0 amide bonds. The highest BCUT2D eigenvalue weighted by Gasteiger charge is 2.55. The van der Waals surface area contributed by atoms with Crippen molar-refractivity contribution in [2.24, 2.45) is 0 Å². The Morgan fingerprint density at radius 2 is 1.08 bits per heavy atom. The van der Waals surface area contributed by atoms with E-state index in [9.17, 15) is 0 Å². The summed E-state index contributed by atoms with van der Waals surface area (Å²) in [6.07, 6.45) is 8.03. The Morgan fingerprint density at radius 3 is 1.68 bits per heavy atom. The van der Waals surface area contributed by atoms with Gasteiger partial charge in [-0.3, -0.25) is 9.97 Å². The van der Waals surface area contributed by atoms with E-state index in [0.717, 1.165) is 52.4 Å². The molecule has 4 nitrogen and oxygen atoms in total. The van der Waals surface area contributed by atoms with Crippen LogP contribution in [0.1, 0.15) is 66.3 Å². The minimum Gasteiger partial charge on any atom is -0.314 e. The number of hydrogen-bond acceptors (Lipinski definition) is 3. The van der Waals surface area contributed by atoms with Crippen LogP contribution < -0.4 is 4.90 Å². The molecule has 6 aromatic carbocycles. The molecule has 0 aliphatic heterocycles. The van der Waals surface area contributed by atoms with E-state index in [2.05, 4.69) is 206 Å². The molecule has 0 saturated carbocycles. The minimum absolute atomic E-state index is 0.0377. The molecule has 1 unspecified atom stereocenters. The third-order valence-corrected chi connectivity index (χ3v) is 13.5. The molecule has 9 aromatic rings. The van der Waals surface area contributed by atoms with Gasteiger partial charge in [-0.15, -0.1) is 0 Å². The molecule has 3 heterocycles. The number of benzene rings is 6. The molecule has 4 heteroatoms. The molecule has 1 atom stereocenters. The van der Waals surface area contributed by atoms with Crippen LogP contribution in [0.4, 0.5) is 11.4 Å². The summed E-state index contributed by atoms with van der Waals surface area (Å²) in [7, 11) is 0. The molecule has 0 radical (unpaired) electrons. The number of aromatic nitrogens is 3. The van der Waals surface area contributed by atoms with Gasteiger partial charge in [0, 0.05) is 68.7 Å². The van der Waals surface area contributed by atoms with Crippen molar-refractivity contribution in [3.63, 3.8) is 0 Å². The number of rotatable bonds is 6. The number of pyridine rings is 2. The van der Waals surface area contributed by atoms with Gasteiger partial charge in [-0.1, -0.05) is 136 Å². The lowest BCUT2D eigenvalue weighted by molar-refractivity contribution is 0.588. The van der Waals surface area contributed by atoms with Crippen LogP contribution in [0, 0.1) is 0 Å². The molecule has 3 aliphatic carbocycles. The van der Waals surface area contributed by atoms with E-state index in [-0.39, 0.29) is 5.41 Å². The monoisotopic (exact) mass is 810 g/mol. The molecule has 63 heavy (non-hydrogen) atoms. The highest BCUT2D eigenvalue weighted by Crippen LogP contribution is 2.65. The van der Waals surface area contributed by atoms with E-state index in [1.807, 2.05) is 24.5 Å². The Kier molecular flexibility index (Phi) is 8.42. The second kappa shape index (κ2) is 14.3. The highest BCUT2D eigenvalue weighted by molar-refractivity contribution is 5.98. The standard InChI is InChI=1S/C59H46N4/c1-58(2,3)41-28-30-47-46-22-10-12-24-50(46)59(52(47)37-41)51-25-13-11-23-48(51)57-56(59)49-38-44(62(42-18-6-4-7-19-42)43-20-8-5-9-21-43)29-31-55(49)63(57)45-35-39(53-26-14-16-32-60-53)34-40(36-45)54-27-15-17-33-61-54/h4-28,30,32-38H,29,31H2,1-3H3. The Balaban J connectivity index is 1.23. The molecule has 0 N–H and O–H groups in total. The molecule has 0 saturated heterocycles. The summed E-state index contributed by atoms with van der Waals surface area (Å²) < 4.78 is 2.62. The van der Waals surface area contributed by atoms with Crippen molar-refractivity contribution in [2.45, 2.75) is 44.4 Å². The van der Waals surface area contributed by atoms with E-state index in [0.29, 0.717) is 0 Å².